The van der Waals surface area contributed by atoms with Crippen LogP contribution in [0, 0.1) is 11.7 Å². The van der Waals surface area contributed by atoms with E-state index in [2.05, 4.69) is 4.90 Å². The van der Waals surface area contributed by atoms with Crippen molar-refractivity contribution in [1.82, 2.24) is 9.80 Å². The standard InChI is InChI=1S/C25H31FN2O3/c1-30-21-10-11-22(24(15-21)31-2)23-9-5-13-28(23)25(29)19-7-4-12-27(17-19)16-18-6-3-8-20(26)14-18/h3,6,8,10-11,14-15,19,23H,4-5,7,9,12-13,16-17H2,1-2H3. The number of hydrogen-bond acceptors (Lipinski definition) is 4. The first-order chi connectivity index (χ1) is 15.1. The first-order valence-electron chi connectivity index (χ1n) is 11.1. The van der Waals surface area contributed by atoms with Crippen molar-refractivity contribution in [3.8, 4) is 11.5 Å². The minimum atomic E-state index is -0.213. The number of nitrogens with zero attached hydrogens (tertiary/aromatic N) is 2. The van der Waals surface area contributed by atoms with Crippen molar-refractivity contribution in [2.24, 2.45) is 5.92 Å². The summed E-state index contributed by atoms with van der Waals surface area (Å²) in [6.45, 7) is 3.12. The zero-order chi connectivity index (χ0) is 21.8. The second-order valence-electron chi connectivity index (χ2n) is 8.50. The van der Waals surface area contributed by atoms with Gasteiger partial charge in [0.25, 0.3) is 0 Å². The van der Waals surface area contributed by atoms with E-state index in [1.807, 2.05) is 29.2 Å². The molecule has 2 aromatic carbocycles. The van der Waals surface area contributed by atoms with Crippen molar-refractivity contribution in [3.05, 3.63) is 59.4 Å². The van der Waals surface area contributed by atoms with Gasteiger partial charge in [-0.25, -0.2) is 4.39 Å². The number of carbonyl (C=O) groups excluding carboxylic acids is 1. The lowest BCUT2D eigenvalue weighted by molar-refractivity contribution is -0.138. The van der Waals surface area contributed by atoms with Gasteiger partial charge in [-0.1, -0.05) is 12.1 Å². The Hall–Kier alpha value is -2.60. The Kier molecular flexibility index (Phi) is 6.76. The quantitative estimate of drug-likeness (QED) is 0.686. The van der Waals surface area contributed by atoms with Crippen LogP contribution in [0.1, 0.15) is 42.9 Å². The number of carbonyl (C=O) groups is 1. The van der Waals surface area contributed by atoms with Crippen molar-refractivity contribution in [2.45, 2.75) is 38.3 Å². The Morgan fingerprint density at radius 1 is 1.06 bits per heavy atom. The van der Waals surface area contributed by atoms with Crippen LogP contribution in [0.2, 0.25) is 0 Å². The van der Waals surface area contributed by atoms with Crippen LogP contribution in [0.3, 0.4) is 0 Å². The minimum absolute atomic E-state index is 0.0212. The molecule has 0 N–H and O–H groups in total. The number of benzene rings is 2. The fourth-order valence-corrected chi connectivity index (χ4v) is 4.98. The highest BCUT2D eigenvalue weighted by atomic mass is 19.1. The smallest absolute Gasteiger partial charge is 0.227 e. The molecule has 0 saturated carbocycles. The normalized spacial score (nSPS) is 21.8. The van der Waals surface area contributed by atoms with Crippen molar-refractivity contribution >= 4 is 5.91 Å². The van der Waals surface area contributed by atoms with E-state index in [0.717, 1.165) is 67.9 Å². The molecule has 2 heterocycles. The van der Waals surface area contributed by atoms with Gasteiger partial charge >= 0.3 is 0 Å². The van der Waals surface area contributed by atoms with Gasteiger partial charge in [0.15, 0.2) is 0 Å². The number of hydrogen-bond donors (Lipinski definition) is 0. The highest BCUT2D eigenvalue weighted by molar-refractivity contribution is 5.80. The lowest BCUT2D eigenvalue weighted by Gasteiger charge is -2.36. The van der Waals surface area contributed by atoms with Gasteiger partial charge in [0.05, 0.1) is 26.2 Å². The Bertz CT molecular complexity index is 919. The number of ether oxygens (including phenoxy) is 2. The first-order valence-corrected chi connectivity index (χ1v) is 11.1. The van der Waals surface area contributed by atoms with Crippen LogP contribution in [0.15, 0.2) is 42.5 Å². The highest BCUT2D eigenvalue weighted by Gasteiger charge is 2.37. The molecule has 2 fully saturated rings. The Labute approximate surface area is 183 Å². The summed E-state index contributed by atoms with van der Waals surface area (Å²) in [7, 11) is 3.29. The summed E-state index contributed by atoms with van der Waals surface area (Å²) >= 11 is 0. The predicted molar refractivity (Wildman–Crippen MR) is 118 cm³/mol. The minimum Gasteiger partial charge on any atom is -0.497 e. The van der Waals surface area contributed by atoms with E-state index in [1.54, 1.807) is 26.4 Å². The van der Waals surface area contributed by atoms with E-state index in [0.29, 0.717) is 6.54 Å². The average molecular weight is 427 g/mol. The van der Waals surface area contributed by atoms with Gasteiger partial charge in [-0.3, -0.25) is 9.69 Å². The average Bonchev–Trinajstić information content (AvgIpc) is 3.28. The Balaban J connectivity index is 1.46. The lowest BCUT2D eigenvalue weighted by atomic mass is 9.94. The molecule has 6 heteroatoms. The lowest BCUT2D eigenvalue weighted by Crippen LogP contribution is -2.44. The molecule has 31 heavy (non-hydrogen) atoms. The molecule has 4 rings (SSSR count). The number of piperidine rings is 1. The van der Waals surface area contributed by atoms with Gasteiger partial charge in [-0.05, 0) is 62.1 Å². The molecule has 0 aliphatic carbocycles. The molecule has 2 unspecified atom stereocenters. The van der Waals surface area contributed by atoms with Crippen LogP contribution in [-0.2, 0) is 11.3 Å². The van der Waals surface area contributed by atoms with E-state index in [4.69, 9.17) is 9.47 Å². The molecule has 5 nitrogen and oxygen atoms in total. The van der Waals surface area contributed by atoms with Crippen LogP contribution < -0.4 is 9.47 Å². The molecular formula is C25H31FN2O3. The van der Waals surface area contributed by atoms with E-state index in [1.165, 1.54) is 6.07 Å². The van der Waals surface area contributed by atoms with Crippen LogP contribution in [0.4, 0.5) is 4.39 Å². The summed E-state index contributed by atoms with van der Waals surface area (Å²) in [5.41, 5.74) is 2.00. The molecule has 0 aromatic heterocycles. The third-order valence-electron chi connectivity index (χ3n) is 6.49. The molecule has 2 saturated heterocycles. The molecular weight excluding hydrogens is 395 g/mol. The van der Waals surface area contributed by atoms with Gasteiger partial charge < -0.3 is 14.4 Å². The number of methoxy groups -OCH3 is 2. The maximum Gasteiger partial charge on any atom is 0.227 e. The van der Waals surface area contributed by atoms with Crippen LogP contribution in [0.5, 0.6) is 11.5 Å². The summed E-state index contributed by atoms with van der Waals surface area (Å²) in [5, 5.41) is 0. The fraction of sp³-hybridized carbons (Fsp3) is 0.480. The number of amides is 1. The van der Waals surface area contributed by atoms with Gasteiger partial charge in [0.1, 0.15) is 17.3 Å². The zero-order valence-corrected chi connectivity index (χ0v) is 18.4. The Morgan fingerprint density at radius 3 is 2.68 bits per heavy atom. The van der Waals surface area contributed by atoms with Crippen molar-refractivity contribution in [3.63, 3.8) is 0 Å². The maximum atomic E-state index is 13.5. The van der Waals surface area contributed by atoms with Crippen molar-refractivity contribution in [2.75, 3.05) is 33.9 Å². The molecule has 1 amide bonds. The first kappa shape index (κ1) is 21.6. The van der Waals surface area contributed by atoms with Crippen LogP contribution >= 0.6 is 0 Å². The van der Waals surface area contributed by atoms with E-state index in [9.17, 15) is 9.18 Å². The molecule has 166 valence electrons. The fourth-order valence-electron chi connectivity index (χ4n) is 4.98. The SMILES string of the molecule is COc1ccc(C2CCCN2C(=O)C2CCCN(Cc3cccc(F)c3)C2)c(OC)c1. The number of halogens is 1. The largest absolute Gasteiger partial charge is 0.497 e. The summed E-state index contributed by atoms with van der Waals surface area (Å²) in [6, 6.07) is 12.6. The monoisotopic (exact) mass is 426 g/mol. The summed E-state index contributed by atoms with van der Waals surface area (Å²) in [5.74, 6) is 1.50. The van der Waals surface area contributed by atoms with Crippen molar-refractivity contribution < 1.29 is 18.7 Å². The van der Waals surface area contributed by atoms with Gasteiger partial charge in [-0.15, -0.1) is 0 Å². The zero-order valence-electron chi connectivity index (χ0n) is 18.4. The van der Waals surface area contributed by atoms with Crippen molar-refractivity contribution in [1.29, 1.82) is 0 Å². The van der Waals surface area contributed by atoms with Crippen LogP contribution in [-0.4, -0.2) is 49.6 Å². The van der Waals surface area contributed by atoms with E-state index < -0.39 is 0 Å². The molecule has 0 bridgehead atoms. The number of likely N-dealkylation sites (tertiary alicyclic amines) is 2. The summed E-state index contributed by atoms with van der Waals surface area (Å²) < 4.78 is 24.5. The van der Waals surface area contributed by atoms with E-state index >= 15 is 0 Å². The second kappa shape index (κ2) is 9.69. The van der Waals surface area contributed by atoms with Crippen LogP contribution in [0.25, 0.3) is 0 Å². The van der Waals surface area contributed by atoms with Gasteiger partial charge in [-0.2, -0.15) is 0 Å². The molecule has 2 atom stereocenters. The predicted octanol–water partition coefficient (Wildman–Crippen LogP) is 4.42. The topological polar surface area (TPSA) is 42.0 Å². The Morgan fingerprint density at radius 2 is 1.90 bits per heavy atom. The molecule has 2 aliphatic rings. The second-order valence-corrected chi connectivity index (χ2v) is 8.50. The summed E-state index contributed by atoms with van der Waals surface area (Å²) in [4.78, 5) is 17.9. The summed E-state index contributed by atoms with van der Waals surface area (Å²) in [6.07, 6.45) is 3.82. The molecule has 0 spiro atoms. The van der Waals surface area contributed by atoms with Gasteiger partial charge in [0, 0.05) is 31.3 Å². The molecule has 2 aromatic rings. The van der Waals surface area contributed by atoms with E-state index in [-0.39, 0.29) is 23.7 Å². The van der Waals surface area contributed by atoms with Gasteiger partial charge in [0.2, 0.25) is 5.91 Å². The third kappa shape index (κ3) is 4.85. The molecule has 0 radical (unpaired) electrons. The highest BCUT2D eigenvalue weighted by Crippen LogP contribution is 2.40. The number of rotatable bonds is 6. The molecule has 2 aliphatic heterocycles. The third-order valence-corrected chi connectivity index (χ3v) is 6.49. The maximum absolute atomic E-state index is 13.5.